The van der Waals surface area contributed by atoms with E-state index in [-0.39, 0.29) is 36.5 Å². The van der Waals surface area contributed by atoms with Crippen LogP contribution in [0.1, 0.15) is 16.1 Å². The van der Waals surface area contributed by atoms with Crippen LogP contribution in [0.15, 0.2) is 47.4 Å². The molecule has 2 aromatic carbocycles. The normalized spacial score (nSPS) is 18.7. The lowest BCUT2D eigenvalue weighted by Gasteiger charge is -2.28. The third-order valence-corrected chi connectivity index (χ3v) is 8.72. The van der Waals surface area contributed by atoms with Gasteiger partial charge in [-0.3, -0.25) is 0 Å². The number of anilines is 2. The van der Waals surface area contributed by atoms with Crippen LogP contribution in [0, 0.1) is 17.6 Å². The average molecular weight is 605 g/mol. The molecule has 0 amide bonds. The van der Waals surface area contributed by atoms with Crippen LogP contribution in [0.2, 0.25) is 5.02 Å². The van der Waals surface area contributed by atoms with E-state index in [9.17, 15) is 17.9 Å². The number of aliphatic hydroxyl groups is 1. The molecule has 1 aromatic heterocycles. The van der Waals surface area contributed by atoms with Gasteiger partial charge >= 0.3 is 0 Å². The van der Waals surface area contributed by atoms with Gasteiger partial charge in [0.05, 0.1) is 37.2 Å². The Balaban J connectivity index is 1.79. The molecule has 14 heteroatoms. The number of ether oxygens (including phenoxy) is 3. The van der Waals surface area contributed by atoms with Crippen molar-refractivity contribution in [3.05, 3.63) is 70.6 Å². The van der Waals surface area contributed by atoms with Crippen molar-refractivity contribution in [3.8, 4) is 11.5 Å². The van der Waals surface area contributed by atoms with Crippen LogP contribution in [0.25, 0.3) is 0 Å². The second kappa shape index (κ2) is 11.7. The minimum absolute atomic E-state index is 0.0159. The number of methoxy groups -OCH3 is 3. The van der Waals surface area contributed by atoms with Crippen LogP contribution < -0.4 is 18.7 Å². The fraction of sp³-hybridized carbons (Fsp3) is 0.346. The Kier molecular flexibility index (Phi) is 7.51. The van der Waals surface area contributed by atoms with Gasteiger partial charge in [-0.1, -0.05) is 17.7 Å². The Hall–Kier alpha value is -3.26. The molecular weight excluding hydrogens is 575 g/mol. The number of aliphatic hydroxyl groups excluding tert-OH is 1. The van der Waals surface area contributed by atoms with E-state index in [1.807, 2.05) is 0 Å². The lowest BCUT2D eigenvalue weighted by atomic mass is 10.1. The molecule has 1 unspecified atom stereocenters. The summed E-state index contributed by atoms with van der Waals surface area (Å²) >= 11 is 6.25. The topological polar surface area (TPSA) is 101 Å². The molecule has 1 fully saturated rings. The van der Waals surface area contributed by atoms with Gasteiger partial charge in [0.2, 0.25) is 5.95 Å². The number of hydrogen-bond acceptors (Lipinski definition) is 8. The smallest absolute Gasteiger partial charge is 0.271 e. The largest absolute Gasteiger partial charge is 0.497 e. The highest BCUT2D eigenvalue weighted by molar-refractivity contribution is 7.92. The summed E-state index contributed by atoms with van der Waals surface area (Å²) in [6.07, 6.45) is -0.0236. The summed E-state index contributed by atoms with van der Waals surface area (Å²) in [4.78, 5) is 3.47. The fourth-order valence-corrected chi connectivity index (χ4v) is 6.24. The van der Waals surface area contributed by atoms with Crippen LogP contribution in [0.4, 0.5) is 24.7 Å². The van der Waals surface area contributed by atoms with Gasteiger partial charge in [0.25, 0.3) is 10.0 Å². The Morgan fingerprint density at radius 2 is 1.98 bits per heavy atom. The molecule has 2 heterocycles. The van der Waals surface area contributed by atoms with Crippen LogP contribution in [0.3, 0.4) is 0 Å². The molecule has 1 N–H and O–H groups in total. The first-order valence-corrected chi connectivity index (χ1v) is 13.6. The molecular formula is C26H27ClF3N3O6S. The lowest BCUT2D eigenvalue weighted by molar-refractivity contribution is -0.0346. The summed E-state index contributed by atoms with van der Waals surface area (Å²) in [6.45, 7) is -1.61. The van der Waals surface area contributed by atoms with Gasteiger partial charge in [0.1, 0.15) is 33.8 Å². The second-order valence-electron chi connectivity index (χ2n) is 8.96. The highest BCUT2D eigenvalue weighted by Crippen LogP contribution is 2.40. The molecule has 0 bridgehead atoms. The van der Waals surface area contributed by atoms with Gasteiger partial charge in [-0.2, -0.15) is 4.39 Å². The Labute approximate surface area is 238 Å². The first kappa shape index (κ1) is 25.7. The molecule has 9 nitrogen and oxygen atoms in total. The minimum Gasteiger partial charge on any atom is -0.497 e. The summed E-state index contributed by atoms with van der Waals surface area (Å²) in [5.74, 6) is -4.14. The number of nitrogens with zero attached hydrogens (tertiary/aromatic N) is 3. The van der Waals surface area contributed by atoms with E-state index in [0.717, 1.165) is 12.1 Å². The van der Waals surface area contributed by atoms with Gasteiger partial charge < -0.3 is 24.2 Å². The number of sulfonamides is 1. The summed E-state index contributed by atoms with van der Waals surface area (Å²) in [6, 6.07) is 8.41. The highest BCUT2D eigenvalue weighted by atomic mass is 35.5. The van der Waals surface area contributed by atoms with E-state index < -0.39 is 69.1 Å². The predicted molar refractivity (Wildman–Crippen MR) is 142 cm³/mol. The minimum atomic E-state index is -5.16. The van der Waals surface area contributed by atoms with E-state index >= 15 is 8.78 Å². The fourth-order valence-electron chi connectivity index (χ4n) is 4.40. The number of aromatic nitrogens is 1. The Morgan fingerprint density at radius 3 is 2.62 bits per heavy atom. The van der Waals surface area contributed by atoms with Crippen molar-refractivity contribution in [1.82, 2.24) is 4.98 Å². The molecule has 1 aliphatic rings. The maximum absolute atomic E-state index is 15.8. The molecule has 4 rings (SSSR count). The zero-order valence-electron chi connectivity index (χ0n) is 24.3. The van der Waals surface area contributed by atoms with E-state index in [4.69, 9.17) is 29.9 Å². The molecule has 1 aliphatic heterocycles. The molecule has 1 atom stereocenters. The third kappa shape index (κ3) is 5.51. The first-order chi connectivity index (χ1) is 20.1. The maximum Gasteiger partial charge on any atom is 0.271 e. The predicted octanol–water partition coefficient (Wildman–Crippen LogP) is 4.15. The number of rotatable bonds is 10. The maximum atomic E-state index is 15.8. The van der Waals surface area contributed by atoms with Crippen LogP contribution in [-0.4, -0.2) is 65.1 Å². The monoisotopic (exact) mass is 604 g/mol. The van der Waals surface area contributed by atoms with Crippen molar-refractivity contribution in [1.29, 1.82) is 0 Å². The van der Waals surface area contributed by atoms with Gasteiger partial charge in [-0.15, -0.1) is 0 Å². The first-order valence-electron chi connectivity index (χ1n) is 13.2. The number of benzene rings is 2. The van der Waals surface area contributed by atoms with E-state index in [2.05, 4.69) is 4.98 Å². The van der Waals surface area contributed by atoms with Crippen molar-refractivity contribution in [3.63, 3.8) is 0 Å². The number of hydrogen-bond donors (Lipinski definition) is 1. The molecule has 40 heavy (non-hydrogen) atoms. The zero-order valence-corrected chi connectivity index (χ0v) is 22.9. The SMILES string of the molecule is [2H]C([2H])([2H])OC1(CO)CCN(c2cc(F)c(S(=O)(=O)N(Cc3ccc(OC)cc3OC)c3cccc(F)n3)c(F)c2Cl)C1. The Bertz CT molecular complexity index is 1620. The molecule has 0 saturated carbocycles. The third-order valence-electron chi connectivity index (χ3n) is 6.57. The molecule has 1 saturated heterocycles. The lowest BCUT2D eigenvalue weighted by Crippen LogP contribution is -2.39. The van der Waals surface area contributed by atoms with Gasteiger partial charge in [0.15, 0.2) is 10.7 Å². The van der Waals surface area contributed by atoms with Gasteiger partial charge in [0, 0.05) is 37.8 Å². The van der Waals surface area contributed by atoms with Crippen molar-refractivity contribution < 1.29 is 45.0 Å². The second-order valence-corrected chi connectivity index (χ2v) is 11.1. The van der Waals surface area contributed by atoms with Gasteiger partial charge in [-0.25, -0.2) is 26.5 Å². The summed E-state index contributed by atoms with van der Waals surface area (Å²) in [7, 11) is -5.29. The zero-order chi connectivity index (χ0) is 31.7. The summed E-state index contributed by atoms with van der Waals surface area (Å²) in [5, 5.41) is 9.05. The van der Waals surface area contributed by atoms with Crippen molar-refractivity contribution in [2.24, 2.45) is 0 Å². The number of pyridine rings is 1. The summed E-state index contributed by atoms with van der Waals surface area (Å²) < 4.78 is 112. The van der Waals surface area contributed by atoms with Crippen molar-refractivity contribution in [2.45, 2.75) is 23.5 Å². The van der Waals surface area contributed by atoms with Crippen molar-refractivity contribution in [2.75, 3.05) is 50.2 Å². The highest BCUT2D eigenvalue weighted by Gasteiger charge is 2.41. The molecule has 0 radical (unpaired) electrons. The average Bonchev–Trinajstić information content (AvgIpc) is 3.36. The van der Waals surface area contributed by atoms with Gasteiger partial charge in [-0.05, 0) is 30.7 Å². The molecule has 0 aliphatic carbocycles. The van der Waals surface area contributed by atoms with Crippen LogP contribution in [-0.2, 0) is 21.3 Å². The van der Waals surface area contributed by atoms with E-state index in [1.54, 1.807) is 0 Å². The van der Waals surface area contributed by atoms with E-state index in [0.29, 0.717) is 16.1 Å². The molecule has 0 spiro atoms. The quantitative estimate of drug-likeness (QED) is 0.272. The van der Waals surface area contributed by atoms with Crippen LogP contribution in [0.5, 0.6) is 11.5 Å². The standard InChI is InChI=1S/C26H27ClF3N3O6S/c1-37-17-8-7-16(20(11-17)38-2)13-33(22-6-4-5-21(29)31-22)40(35,36)25-18(28)12-19(23(27)24(25)30)32-10-9-26(14-32,15-34)39-3/h4-8,11-12,34H,9-10,13-15H2,1-3H3/i3D3. The van der Waals surface area contributed by atoms with E-state index in [1.165, 1.54) is 43.4 Å². The Morgan fingerprint density at radius 1 is 1.20 bits per heavy atom. The number of halogens is 4. The summed E-state index contributed by atoms with van der Waals surface area (Å²) in [5.41, 5.74) is -1.63. The van der Waals surface area contributed by atoms with Crippen molar-refractivity contribution >= 4 is 33.1 Å². The molecule has 3 aromatic rings. The molecule has 216 valence electrons. The van der Waals surface area contributed by atoms with Crippen LogP contribution >= 0.6 is 11.6 Å².